The number of rotatable bonds is 1. The third kappa shape index (κ3) is 2.62. The van der Waals surface area contributed by atoms with Crippen LogP contribution in [0.15, 0.2) is 48.5 Å². The van der Waals surface area contributed by atoms with Crippen molar-refractivity contribution in [2.24, 2.45) is 0 Å². The summed E-state index contributed by atoms with van der Waals surface area (Å²) in [5.74, 6) is 1.59. The molecule has 0 spiro atoms. The molecule has 0 bridgehead atoms. The van der Waals surface area contributed by atoms with Gasteiger partial charge in [-0.2, -0.15) is 0 Å². The fraction of sp³-hybridized carbons (Fsp3) is 0.350. The predicted octanol–water partition coefficient (Wildman–Crippen LogP) is 4.96. The van der Waals surface area contributed by atoms with Crippen molar-refractivity contribution in [1.82, 2.24) is 9.80 Å². The molecule has 0 N–H and O–H groups in total. The van der Waals surface area contributed by atoms with E-state index in [9.17, 15) is 4.79 Å². The van der Waals surface area contributed by atoms with Crippen LogP contribution >= 0.6 is 8.38 Å². The first-order valence-electron chi connectivity index (χ1n) is 8.81. The first-order valence-corrected chi connectivity index (χ1v) is 10.1. The van der Waals surface area contributed by atoms with E-state index in [1.54, 1.807) is 9.80 Å². The standard InChI is InChI=1S/C20H23N2O3P/c1-13(2)26-24-16-11-7-5-9-14(16)18-19(22(4)20(23)21(18)3)15-10-6-8-12-17(15)25-26/h5-13,18-19H,1-4H3. The Kier molecular flexibility index (Phi) is 4.28. The zero-order valence-corrected chi connectivity index (χ0v) is 16.3. The van der Waals surface area contributed by atoms with Crippen LogP contribution < -0.4 is 9.05 Å². The van der Waals surface area contributed by atoms with Gasteiger partial charge in [-0.05, 0) is 12.1 Å². The van der Waals surface area contributed by atoms with Gasteiger partial charge in [-0.15, -0.1) is 0 Å². The van der Waals surface area contributed by atoms with Crippen molar-refractivity contribution in [3.63, 3.8) is 0 Å². The van der Waals surface area contributed by atoms with Crippen molar-refractivity contribution >= 4 is 14.4 Å². The number of urea groups is 1. The Morgan fingerprint density at radius 1 is 0.846 bits per heavy atom. The number of para-hydroxylation sites is 2. The molecule has 5 nitrogen and oxygen atoms in total. The Hall–Kier alpha value is -2.26. The number of fused-ring (bicyclic) bond motifs is 5. The third-order valence-corrected chi connectivity index (χ3v) is 6.61. The molecule has 6 heteroatoms. The quantitative estimate of drug-likeness (QED) is 0.667. The van der Waals surface area contributed by atoms with Gasteiger partial charge in [-0.3, -0.25) is 0 Å². The number of hydrogen-bond donors (Lipinski definition) is 0. The molecular weight excluding hydrogens is 347 g/mol. The van der Waals surface area contributed by atoms with Gasteiger partial charge in [-0.1, -0.05) is 50.2 Å². The van der Waals surface area contributed by atoms with E-state index < -0.39 is 8.38 Å². The molecule has 0 saturated carbocycles. The molecule has 1 saturated heterocycles. The van der Waals surface area contributed by atoms with E-state index >= 15 is 0 Å². The molecule has 4 rings (SSSR count). The van der Waals surface area contributed by atoms with E-state index in [0.717, 1.165) is 22.6 Å². The number of nitrogens with zero attached hydrogens (tertiary/aromatic N) is 2. The van der Waals surface area contributed by atoms with Gasteiger partial charge in [0.15, 0.2) is 0 Å². The smallest absolute Gasteiger partial charge is 0.320 e. The summed E-state index contributed by atoms with van der Waals surface area (Å²) in [5.41, 5.74) is 2.28. The average Bonchev–Trinajstić information content (AvgIpc) is 2.89. The molecule has 2 unspecified atom stereocenters. The summed E-state index contributed by atoms with van der Waals surface area (Å²) in [6, 6.07) is 15.7. The maximum atomic E-state index is 12.7. The molecule has 26 heavy (non-hydrogen) atoms. The van der Waals surface area contributed by atoms with Crippen molar-refractivity contribution in [2.75, 3.05) is 14.1 Å². The van der Waals surface area contributed by atoms with Crippen LogP contribution in [0.5, 0.6) is 11.5 Å². The van der Waals surface area contributed by atoms with Crippen LogP contribution in [-0.4, -0.2) is 35.6 Å². The van der Waals surface area contributed by atoms with Gasteiger partial charge in [0.1, 0.15) is 11.5 Å². The van der Waals surface area contributed by atoms with Crippen molar-refractivity contribution in [1.29, 1.82) is 0 Å². The van der Waals surface area contributed by atoms with Gasteiger partial charge < -0.3 is 18.8 Å². The minimum absolute atomic E-state index is 0.00342. The maximum absolute atomic E-state index is 12.7. The van der Waals surface area contributed by atoms with Crippen molar-refractivity contribution in [3.05, 3.63) is 59.7 Å². The van der Waals surface area contributed by atoms with E-state index in [-0.39, 0.29) is 23.8 Å². The minimum Gasteiger partial charge on any atom is -0.438 e. The van der Waals surface area contributed by atoms with Crippen LogP contribution in [0.25, 0.3) is 0 Å². The van der Waals surface area contributed by atoms with Crippen LogP contribution in [0.3, 0.4) is 0 Å². The summed E-state index contributed by atoms with van der Waals surface area (Å²) in [6.07, 6.45) is 0. The fourth-order valence-corrected chi connectivity index (χ4v) is 4.89. The van der Waals surface area contributed by atoms with Gasteiger partial charge >= 0.3 is 6.03 Å². The Bertz CT molecular complexity index is 778. The summed E-state index contributed by atoms with van der Waals surface area (Å²) in [4.78, 5) is 16.3. The number of benzene rings is 2. The number of carbonyl (C=O) groups excluding carboxylic acids is 1. The third-order valence-electron chi connectivity index (χ3n) is 5.01. The fourth-order valence-electron chi connectivity index (χ4n) is 3.71. The molecule has 2 aliphatic rings. The van der Waals surface area contributed by atoms with E-state index in [1.807, 2.05) is 50.5 Å². The summed E-state index contributed by atoms with van der Waals surface area (Å²) in [7, 11) is 2.56. The largest absolute Gasteiger partial charge is 0.438 e. The highest BCUT2D eigenvalue weighted by atomic mass is 31.2. The van der Waals surface area contributed by atoms with E-state index in [0.29, 0.717) is 0 Å². The van der Waals surface area contributed by atoms with Crippen molar-refractivity contribution in [3.8, 4) is 11.5 Å². The molecule has 2 amide bonds. The van der Waals surface area contributed by atoms with Crippen LogP contribution in [0, 0.1) is 0 Å². The Morgan fingerprint density at radius 3 is 1.69 bits per heavy atom. The average molecular weight is 370 g/mol. The number of amides is 2. The molecule has 1 fully saturated rings. The summed E-state index contributed by atoms with van der Waals surface area (Å²) >= 11 is 0. The van der Waals surface area contributed by atoms with Gasteiger partial charge in [-0.25, -0.2) is 4.79 Å². The topological polar surface area (TPSA) is 42.0 Å². The van der Waals surface area contributed by atoms with Crippen LogP contribution in [0.1, 0.15) is 37.1 Å². The number of hydrogen-bond acceptors (Lipinski definition) is 3. The maximum Gasteiger partial charge on any atom is 0.320 e. The minimum atomic E-state index is -1.15. The van der Waals surface area contributed by atoms with E-state index in [1.165, 1.54) is 0 Å². The van der Waals surface area contributed by atoms with Crippen LogP contribution in [0.4, 0.5) is 4.79 Å². The second-order valence-electron chi connectivity index (χ2n) is 7.03. The first-order chi connectivity index (χ1) is 12.5. The van der Waals surface area contributed by atoms with E-state index in [4.69, 9.17) is 9.05 Å². The van der Waals surface area contributed by atoms with Crippen molar-refractivity contribution < 1.29 is 13.8 Å². The highest BCUT2D eigenvalue weighted by molar-refractivity contribution is 7.48. The monoisotopic (exact) mass is 370 g/mol. The Morgan fingerprint density at radius 2 is 1.27 bits per heavy atom. The van der Waals surface area contributed by atoms with Gasteiger partial charge in [0.2, 0.25) is 0 Å². The highest BCUT2D eigenvalue weighted by Gasteiger charge is 2.46. The zero-order chi connectivity index (χ0) is 18.4. The summed E-state index contributed by atoms with van der Waals surface area (Å²) in [6.45, 7) is 4.22. The molecule has 0 aromatic heterocycles. The molecular formula is C20H23N2O3P. The normalized spacial score (nSPS) is 24.7. The molecule has 0 radical (unpaired) electrons. The lowest BCUT2D eigenvalue weighted by Crippen LogP contribution is -2.27. The molecule has 2 aromatic rings. The van der Waals surface area contributed by atoms with Crippen LogP contribution in [-0.2, 0) is 0 Å². The second-order valence-corrected chi connectivity index (χ2v) is 9.00. The van der Waals surface area contributed by atoms with Crippen molar-refractivity contribution in [2.45, 2.75) is 31.6 Å². The lowest BCUT2D eigenvalue weighted by molar-refractivity contribution is 0.199. The Labute approximate surface area is 155 Å². The first kappa shape index (κ1) is 17.2. The lowest BCUT2D eigenvalue weighted by Gasteiger charge is -2.26. The lowest BCUT2D eigenvalue weighted by atomic mass is 9.92. The molecule has 2 heterocycles. The molecule has 2 aromatic carbocycles. The van der Waals surface area contributed by atoms with Gasteiger partial charge in [0.25, 0.3) is 8.38 Å². The van der Waals surface area contributed by atoms with Gasteiger partial charge in [0.05, 0.1) is 12.1 Å². The number of likely N-dealkylation sites (N-methyl/N-ethyl adjacent to an activating group) is 2. The highest BCUT2D eigenvalue weighted by Crippen LogP contribution is 2.54. The Balaban J connectivity index is 1.96. The SMILES string of the molecule is CC(C)P1Oc2ccccc2C2C(c3ccccc3O1)N(C)C(=O)N2C. The number of carbonyl (C=O) groups is 1. The zero-order valence-electron chi connectivity index (χ0n) is 15.4. The molecule has 0 aliphatic carbocycles. The van der Waals surface area contributed by atoms with E-state index in [2.05, 4.69) is 26.0 Å². The molecule has 2 aliphatic heterocycles. The van der Waals surface area contributed by atoms with Crippen LogP contribution in [0.2, 0.25) is 0 Å². The summed E-state index contributed by atoms with van der Waals surface area (Å²) < 4.78 is 12.7. The molecule has 2 atom stereocenters. The molecule has 136 valence electrons. The predicted molar refractivity (Wildman–Crippen MR) is 103 cm³/mol. The van der Waals surface area contributed by atoms with Gasteiger partial charge in [0, 0.05) is 30.9 Å². The second kappa shape index (κ2) is 6.48. The summed E-state index contributed by atoms with van der Waals surface area (Å²) in [5, 5.41) is 0.